The first-order valence-electron chi connectivity index (χ1n) is 7.96. The molecule has 3 aromatic heterocycles. The van der Waals surface area contributed by atoms with Crippen molar-refractivity contribution in [2.75, 3.05) is 13.1 Å². The first-order chi connectivity index (χ1) is 13.0. The van der Waals surface area contributed by atoms with Crippen LogP contribution in [0.5, 0.6) is 5.88 Å². The molecule has 0 saturated carbocycles. The third-order valence-corrected chi connectivity index (χ3v) is 4.83. The van der Waals surface area contributed by atoms with Gasteiger partial charge in [-0.05, 0) is 39.9 Å². The topological polar surface area (TPSA) is 117 Å². The monoisotopic (exact) mass is 450 g/mol. The number of aromatic hydroxyl groups is 1. The summed E-state index contributed by atoms with van der Waals surface area (Å²) in [6.07, 6.45) is 1.91. The zero-order valence-electron chi connectivity index (χ0n) is 13.9. The molecule has 2 amide bonds. The van der Waals surface area contributed by atoms with E-state index in [4.69, 9.17) is 4.52 Å². The maximum absolute atomic E-state index is 12.1. The highest BCUT2D eigenvalue weighted by atomic mass is 79.9. The Labute approximate surface area is 166 Å². The predicted octanol–water partition coefficient (Wildman–Crippen LogP) is 2.82. The van der Waals surface area contributed by atoms with Crippen molar-refractivity contribution >= 4 is 39.1 Å². The standard InChI is InChI=1S/C17H15BrN4O4S/c18-10-7-11(16(24)21-9-10)15(23)19-4-2-5-20-17(25)12-8-13(26-22-12)14-3-1-6-27-14/h1,3,6-9H,2,4-5H2,(H,19,23)(H,20,25)(H,21,24). The minimum Gasteiger partial charge on any atom is -0.493 e. The second kappa shape index (κ2) is 8.78. The van der Waals surface area contributed by atoms with Crippen molar-refractivity contribution in [2.24, 2.45) is 0 Å². The lowest BCUT2D eigenvalue weighted by Gasteiger charge is -2.07. The van der Waals surface area contributed by atoms with E-state index >= 15 is 0 Å². The van der Waals surface area contributed by atoms with Crippen LogP contribution >= 0.6 is 27.3 Å². The number of aromatic nitrogens is 2. The zero-order valence-corrected chi connectivity index (χ0v) is 16.3. The minimum atomic E-state index is -0.440. The number of rotatable bonds is 7. The molecule has 0 atom stereocenters. The van der Waals surface area contributed by atoms with E-state index < -0.39 is 5.91 Å². The molecular formula is C17H15BrN4O4S. The largest absolute Gasteiger partial charge is 0.493 e. The van der Waals surface area contributed by atoms with Crippen LogP contribution in [0.15, 0.2) is 44.8 Å². The molecule has 0 bridgehead atoms. The van der Waals surface area contributed by atoms with Gasteiger partial charge in [-0.1, -0.05) is 11.2 Å². The van der Waals surface area contributed by atoms with Gasteiger partial charge in [-0.25, -0.2) is 4.98 Å². The SMILES string of the molecule is O=C(NCCCNC(=O)c1cc(Br)cnc1O)c1cc(-c2cccs2)on1. The van der Waals surface area contributed by atoms with E-state index in [1.165, 1.54) is 23.6 Å². The summed E-state index contributed by atoms with van der Waals surface area (Å²) in [5.74, 6) is -0.576. The van der Waals surface area contributed by atoms with E-state index in [2.05, 4.69) is 36.7 Å². The molecule has 0 aliphatic rings. The lowest BCUT2D eigenvalue weighted by atomic mass is 10.2. The summed E-state index contributed by atoms with van der Waals surface area (Å²) in [7, 11) is 0. The molecule has 0 aliphatic carbocycles. The van der Waals surface area contributed by atoms with Gasteiger partial charge in [-0.3, -0.25) is 9.59 Å². The van der Waals surface area contributed by atoms with Crippen LogP contribution in [0.2, 0.25) is 0 Å². The maximum Gasteiger partial charge on any atom is 0.273 e. The van der Waals surface area contributed by atoms with E-state index in [0.29, 0.717) is 29.7 Å². The lowest BCUT2D eigenvalue weighted by Crippen LogP contribution is -2.30. The molecule has 0 fully saturated rings. The van der Waals surface area contributed by atoms with Crippen LogP contribution in [0.4, 0.5) is 0 Å². The summed E-state index contributed by atoms with van der Waals surface area (Å²) in [4.78, 5) is 28.7. The first-order valence-corrected chi connectivity index (χ1v) is 9.63. The van der Waals surface area contributed by atoms with Crippen LogP contribution < -0.4 is 10.6 Å². The second-order valence-corrected chi connectivity index (χ2v) is 7.31. The Balaban J connectivity index is 1.42. The molecule has 3 N–H and O–H groups in total. The fraction of sp³-hybridized carbons (Fsp3) is 0.176. The van der Waals surface area contributed by atoms with Crippen molar-refractivity contribution in [1.82, 2.24) is 20.8 Å². The fourth-order valence-electron chi connectivity index (χ4n) is 2.19. The van der Waals surface area contributed by atoms with Gasteiger partial charge in [0.25, 0.3) is 11.8 Å². The molecule has 10 heteroatoms. The number of carbonyl (C=O) groups is 2. The molecule has 3 rings (SSSR count). The Kier molecular flexibility index (Phi) is 6.20. The molecule has 8 nitrogen and oxygen atoms in total. The van der Waals surface area contributed by atoms with Crippen molar-refractivity contribution in [2.45, 2.75) is 6.42 Å². The van der Waals surface area contributed by atoms with Gasteiger partial charge < -0.3 is 20.3 Å². The van der Waals surface area contributed by atoms with Gasteiger partial charge in [0.15, 0.2) is 11.5 Å². The number of hydrogen-bond donors (Lipinski definition) is 3. The molecule has 0 saturated heterocycles. The van der Waals surface area contributed by atoms with E-state index in [1.54, 1.807) is 6.07 Å². The van der Waals surface area contributed by atoms with E-state index in [-0.39, 0.29) is 23.0 Å². The Hall–Kier alpha value is -2.72. The van der Waals surface area contributed by atoms with Gasteiger partial charge in [0.2, 0.25) is 5.88 Å². The quantitative estimate of drug-likeness (QED) is 0.476. The van der Waals surface area contributed by atoms with Crippen molar-refractivity contribution in [1.29, 1.82) is 0 Å². The molecule has 3 aromatic rings. The summed E-state index contributed by atoms with van der Waals surface area (Å²) in [6.45, 7) is 0.674. The molecule has 140 valence electrons. The summed E-state index contributed by atoms with van der Waals surface area (Å²) in [5, 5.41) is 20.7. The van der Waals surface area contributed by atoms with E-state index in [9.17, 15) is 14.7 Å². The number of nitrogens with zero attached hydrogens (tertiary/aromatic N) is 2. The van der Waals surface area contributed by atoms with Gasteiger partial charge in [0.1, 0.15) is 5.56 Å². The highest BCUT2D eigenvalue weighted by molar-refractivity contribution is 9.10. The minimum absolute atomic E-state index is 0.0807. The zero-order chi connectivity index (χ0) is 19.2. The number of halogens is 1. The van der Waals surface area contributed by atoms with Crippen LogP contribution in [-0.4, -0.2) is 40.2 Å². The van der Waals surface area contributed by atoms with Gasteiger partial charge in [-0.2, -0.15) is 0 Å². The van der Waals surface area contributed by atoms with E-state index in [1.807, 2.05) is 17.5 Å². The second-order valence-electron chi connectivity index (χ2n) is 5.44. The average Bonchev–Trinajstić information content (AvgIpc) is 3.34. The average molecular weight is 451 g/mol. The summed E-state index contributed by atoms with van der Waals surface area (Å²) < 4.78 is 5.76. The highest BCUT2D eigenvalue weighted by Crippen LogP contribution is 2.25. The Morgan fingerprint density at radius 3 is 2.74 bits per heavy atom. The number of pyridine rings is 1. The van der Waals surface area contributed by atoms with Gasteiger partial charge in [-0.15, -0.1) is 11.3 Å². The Morgan fingerprint density at radius 2 is 2.00 bits per heavy atom. The number of hydrogen-bond acceptors (Lipinski definition) is 7. The summed E-state index contributed by atoms with van der Waals surface area (Å²) >= 11 is 4.69. The highest BCUT2D eigenvalue weighted by Gasteiger charge is 2.14. The molecule has 3 heterocycles. The summed E-state index contributed by atoms with van der Waals surface area (Å²) in [5.41, 5.74) is 0.282. The smallest absolute Gasteiger partial charge is 0.273 e. The van der Waals surface area contributed by atoms with Crippen molar-refractivity contribution in [3.05, 3.63) is 51.6 Å². The first kappa shape index (κ1) is 19.1. The van der Waals surface area contributed by atoms with Crippen molar-refractivity contribution in [3.8, 4) is 16.5 Å². The summed E-state index contributed by atoms with van der Waals surface area (Å²) in [6, 6.07) is 6.84. The maximum atomic E-state index is 12.1. The number of amides is 2. The molecular weight excluding hydrogens is 436 g/mol. The van der Waals surface area contributed by atoms with Crippen LogP contribution in [0.1, 0.15) is 27.3 Å². The lowest BCUT2D eigenvalue weighted by molar-refractivity contribution is 0.0944. The molecule has 0 radical (unpaired) electrons. The van der Waals surface area contributed by atoms with Crippen LogP contribution in [0.25, 0.3) is 10.6 Å². The number of carbonyl (C=O) groups excluding carboxylic acids is 2. The molecule has 0 aliphatic heterocycles. The van der Waals surface area contributed by atoms with Crippen molar-refractivity contribution in [3.63, 3.8) is 0 Å². The normalized spacial score (nSPS) is 10.6. The van der Waals surface area contributed by atoms with E-state index in [0.717, 1.165) is 4.88 Å². The molecule has 27 heavy (non-hydrogen) atoms. The van der Waals surface area contributed by atoms with Crippen LogP contribution in [-0.2, 0) is 0 Å². The Morgan fingerprint density at radius 1 is 1.22 bits per heavy atom. The number of thiophene rings is 1. The third-order valence-electron chi connectivity index (χ3n) is 3.51. The van der Waals surface area contributed by atoms with Gasteiger partial charge in [0.05, 0.1) is 4.88 Å². The fourth-order valence-corrected chi connectivity index (χ4v) is 3.20. The van der Waals surface area contributed by atoms with Gasteiger partial charge >= 0.3 is 0 Å². The molecule has 0 spiro atoms. The van der Waals surface area contributed by atoms with Crippen LogP contribution in [0.3, 0.4) is 0 Å². The third kappa shape index (κ3) is 4.92. The number of nitrogens with one attached hydrogen (secondary N) is 2. The van der Waals surface area contributed by atoms with Crippen molar-refractivity contribution < 1.29 is 19.2 Å². The van der Waals surface area contributed by atoms with Gasteiger partial charge in [0, 0.05) is 29.8 Å². The predicted molar refractivity (Wildman–Crippen MR) is 103 cm³/mol. The molecule has 0 unspecified atom stereocenters. The Bertz CT molecular complexity index is 942. The van der Waals surface area contributed by atoms with Crippen LogP contribution in [0, 0.1) is 0 Å². The molecule has 0 aromatic carbocycles.